The zero-order chi connectivity index (χ0) is 15.8. The predicted molar refractivity (Wildman–Crippen MR) is 102 cm³/mol. The number of aliphatic imine (C=N–C) groups is 1. The molecule has 2 rings (SSSR count). The minimum atomic E-state index is 0. The van der Waals surface area contributed by atoms with Crippen molar-refractivity contribution < 1.29 is 9.21 Å². The van der Waals surface area contributed by atoms with E-state index in [1.807, 2.05) is 17.0 Å². The van der Waals surface area contributed by atoms with Crippen LogP contribution < -0.4 is 5.32 Å². The Labute approximate surface area is 155 Å². The first-order valence-corrected chi connectivity index (χ1v) is 8.02. The number of piperazine rings is 1. The molecule has 0 atom stereocenters. The summed E-state index contributed by atoms with van der Waals surface area (Å²) in [5.41, 5.74) is 0. The summed E-state index contributed by atoms with van der Waals surface area (Å²) < 4.78 is 5.34. The predicted octanol–water partition coefficient (Wildman–Crippen LogP) is 1.96. The van der Waals surface area contributed by atoms with Crippen LogP contribution in [0.4, 0.5) is 0 Å². The van der Waals surface area contributed by atoms with E-state index in [9.17, 15) is 4.79 Å². The number of nitrogens with zero attached hydrogens (tertiary/aromatic N) is 3. The van der Waals surface area contributed by atoms with Crippen LogP contribution in [0.2, 0.25) is 0 Å². The van der Waals surface area contributed by atoms with Crippen molar-refractivity contribution in [1.82, 2.24) is 15.1 Å². The van der Waals surface area contributed by atoms with E-state index in [2.05, 4.69) is 22.1 Å². The van der Waals surface area contributed by atoms with Crippen LogP contribution in [0.25, 0.3) is 0 Å². The second-order valence-electron chi connectivity index (χ2n) is 5.45. The van der Waals surface area contributed by atoms with Crippen molar-refractivity contribution >= 4 is 35.8 Å². The topological polar surface area (TPSA) is 61.1 Å². The van der Waals surface area contributed by atoms with Gasteiger partial charge in [0.1, 0.15) is 5.76 Å². The first-order chi connectivity index (χ1) is 10.7. The van der Waals surface area contributed by atoms with Gasteiger partial charge in [0.05, 0.1) is 6.26 Å². The van der Waals surface area contributed by atoms with Gasteiger partial charge in [0, 0.05) is 52.6 Å². The zero-order valence-corrected chi connectivity index (χ0v) is 16.3. The lowest BCUT2D eigenvalue weighted by Gasteiger charge is -2.36. The number of furan rings is 1. The van der Waals surface area contributed by atoms with Crippen molar-refractivity contribution in [3.05, 3.63) is 24.2 Å². The molecule has 1 aliphatic heterocycles. The summed E-state index contributed by atoms with van der Waals surface area (Å²) in [5.74, 6) is 2.07. The fourth-order valence-corrected chi connectivity index (χ4v) is 2.47. The van der Waals surface area contributed by atoms with E-state index in [4.69, 9.17) is 4.42 Å². The van der Waals surface area contributed by atoms with Gasteiger partial charge in [0.2, 0.25) is 5.91 Å². The van der Waals surface area contributed by atoms with E-state index < -0.39 is 0 Å². The van der Waals surface area contributed by atoms with Crippen LogP contribution >= 0.6 is 24.0 Å². The number of rotatable bonds is 5. The maximum atomic E-state index is 11.4. The number of guanidine groups is 1. The lowest BCUT2D eigenvalue weighted by molar-refractivity contribution is -0.130. The van der Waals surface area contributed by atoms with Crippen LogP contribution in [0.3, 0.4) is 0 Å². The van der Waals surface area contributed by atoms with Gasteiger partial charge in [-0.3, -0.25) is 9.79 Å². The molecule has 2 heterocycles. The molecule has 23 heavy (non-hydrogen) atoms. The standard InChI is InChI=1S/C16H26N4O2.HI/c1-3-7-17-16(18-8-6-15-5-4-13-22-15)20-11-9-19(10-12-20)14(2)21;/h4-5,13H,3,6-12H2,1-2H3,(H,17,18);1H. The molecule has 0 bridgehead atoms. The SMILES string of the molecule is CCCN=C(NCCc1ccco1)N1CCN(C(C)=O)CC1.I. The number of hydrogen-bond donors (Lipinski definition) is 1. The molecule has 1 aliphatic rings. The molecular weight excluding hydrogens is 407 g/mol. The molecule has 0 aromatic carbocycles. The van der Waals surface area contributed by atoms with E-state index in [-0.39, 0.29) is 29.9 Å². The van der Waals surface area contributed by atoms with E-state index in [1.54, 1.807) is 13.2 Å². The van der Waals surface area contributed by atoms with Gasteiger partial charge in [0.25, 0.3) is 0 Å². The number of carbonyl (C=O) groups excluding carboxylic acids is 1. The third-order valence-electron chi connectivity index (χ3n) is 3.74. The molecule has 1 aromatic heterocycles. The third kappa shape index (κ3) is 6.40. The monoisotopic (exact) mass is 434 g/mol. The van der Waals surface area contributed by atoms with E-state index in [0.29, 0.717) is 0 Å². The Kier molecular flexibility index (Phi) is 9.05. The van der Waals surface area contributed by atoms with Crippen LogP contribution in [-0.2, 0) is 11.2 Å². The van der Waals surface area contributed by atoms with Crippen molar-refractivity contribution in [2.24, 2.45) is 4.99 Å². The minimum Gasteiger partial charge on any atom is -0.469 e. The Morgan fingerprint density at radius 2 is 2.00 bits per heavy atom. The maximum absolute atomic E-state index is 11.4. The highest BCUT2D eigenvalue weighted by atomic mass is 127. The minimum absolute atomic E-state index is 0. The Balaban J connectivity index is 0.00000264. The zero-order valence-electron chi connectivity index (χ0n) is 14.0. The van der Waals surface area contributed by atoms with Gasteiger partial charge in [0.15, 0.2) is 5.96 Å². The quantitative estimate of drug-likeness (QED) is 0.438. The van der Waals surface area contributed by atoms with Crippen LogP contribution in [0.1, 0.15) is 26.0 Å². The molecule has 7 heteroatoms. The van der Waals surface area contributed by atoms with E-state index in [1.165, 1.54) is 0 Å². The van der Waals surface area contributed by atoms with Crippen LogP contribution in [-0.4, -0.2) is 60.9 Å². The van der Waals surface area contributed by atoms with E-state index >= 15 is 0 Å². The summed E-state index contributed by atoms with van der Waals surface area (Å²) in [4.78, 5) is 20.2. The summed E-state index contributed by atoms with van der Waals surface area (Å²) in [5, 5.41) is 3.42. The second kappa shape index (κ2) is 10.5. The van der Waals surface area contributed by atoms with Gasteiger partial charge in [-0.2, -0.15) is 0 Å². The summed E-state index contributed by atoms with van der Waals surface area (Å²) in [7, 11) is 0. The Bertz CT molecular complexity index is 482. The van der Waals surface area contributed by atoms with Gasteiger partial charge in [-0.1, -0.05) is 6.92 Å². The molecule has 0 unspecified atom stereocenters. The molecule has 6 nitrogen and oxygen atoms in total. The second-order valence-corrected chi connectivity index (χ2v) is 5.45. The van der Waals surface area contributed by atoms with Gasteiger partial charge in [-0.25, -0.2) is 0 Å². The fourth-order valence-electron chi connectivity index (χ4n) is 2.47. The molecule has 1 amide bonds. The highest BCUT2D eigenvalue weighted by molar-refractivity contribution is 14.0. The molecule has 0 aliphatic carbocycles. The Morgan fingerprint density at radius 1 is 1.30 bits per heavy atom. The summed E-state index contributed by atoms with van der Waals surface area (Å²) in [6.07, 6.45) is 3.56. The smallest absolute Gasteiger partial charge is 0.219 e. The number of halogens is 1. The molecular formula is C16H27IN4O2. The summed E-state index contributed by atoms with van der Waals surface area (Å²) in [6, 6.07) is 3.89. The molecule has 1 fully saturated rings. The Morgan fingerprint density at radius 3 is 2.57 bits per heavy atom. The molecule has 1 aromatic rings. The summed E-state index contributed by atoms with van der Waals surface area (Å²) in [6.45, 7) is 8.55. The largest absolute Gasteiger partial charge is 0.469 e. The van der Waals surface area contributed by atoms with Crippen LogP contribution in [0, 0.1) is 0 Å². The molecule has 130 valence electrons. The fraction of sp³-hybridized carbons (Fsp3) is 0.625. The third-order valence-corrected chi connectivity index (χ3v) is 3.74. The summed E-state index contributed by atoms with van der Waals surface area (Å²) >= 11 is 0. The Hall–Kier alpha value is -1.25. The van der Waals surface area contributed by atoms with Crippen LogP contribution in [0.5, 0.6) is 0 Å². The molecule has 0 spiro atoms. The van der Waals surface area contributed by atoms with Gasteiger partial charge in [-0.15, -0.1) is 24.0 Å². The number of hydrogen-bond acceptors (Lipinski definition) is 3. The van der Waals surface area contributed by atoms with Crippen molar-refractivity contribution in [3.8, 4) is 0 Å². The molecule has 1 N–H and O–H groups in total. The normalized spacial score (nSPS) is 15.3. The van der Waals surface area contributed by atoms with Crippen molar-refractivity contribution in [2.45, 2.75) is 26.7 Å². The number of amides is 1. The number of carbonyl (C=O) groups is 1. The van der Waals surface area contributed by atoms with E-state index in [0.717, 1.165) is 63.8 Å². The van der Waals surface area contributed by atoms with Gasteiger partial charge in [-0.05, 0) is 18.6 Å². The average molecular weight is 434 g/mol. The molecule has 0 radical (unpaired) electrons. The lowest BCUT2D eigenvalue weighted by atomic mass is 10.3. The van der Waals surface area contributed by atoms with Crippen molar-refractivity contribution in [2.75, 3.05) is 39.3 Å². The average Bonchev–Trinajstić information content (AvgIpc) is 3.04. The number of nitrogens with one attached hydrogen (secondary N) is 1. The first kappa shape index (κ1) is 19.8. The lowest BCUT2D eigenvalue weighted by Crippen LogP contribution is -2.53. The van der Waals surface area contributed by atoms with Crippen molar-refractivity contribution in [3.63, 3.8) is 0 Å². The highest BCUT2D eigenvalue weighted by Crippen LogP contribution is 2.04. The first-order valence-electron chi connectivity index (χ1n) is 8.02. The van der Waals surface area contributed by atoms with Gasteiger partial charge >= 0.3 is 0 Å². The molecule has 0 saturated carbocycles. The van der Waals surface area contributed by atoms with Gasteiger partial charge < -0.3 is 19.5 Å². The van der Waals surface area contributed by atoms with Crippen LogP contribution in [0.15, 0.2) is 27.8 Å². The highest BCUT2D eigenvalue weighted by Gasteiger charge is 2.20. The van der Waals surface area contributed by atoms with Crippen molar-refractivity contribution in [1.29, 1.82) is 0 Å². The maximum Gasteiger partial charge on any atom is 0.219 e. The molecule has 1 saturated heterocycles.